The van der Waals surface area contributed by atoms with Gasteiger partial charge >= 0.3 is 0 Å². The van der Waals surface area contributed by atoms with Crippen LogP contribution in [0.4, 0.5) is 0 Å². The molecule has 2 atom stereocenters. The molecule has 0 aromatic heterocycles. The van der Waals surface area contributed by atoms with Crippen molar-refractivity contribution < 1.29 is 9.90 Å². The van der Waals surface area contributed by atoms with Crippen molar-refractivity contribution in [2.24, 2.45) is 5.73 Å². The van der Waals surface area contributed by atoms with Crippen LogP contribution in [0.3, 0.4) is 0 Å². The number of phenolic OH excluding ortho intramolecular Hbond substituents is 1. The van der Waals surface area contributed by atoms with Crippen molar-refractivity contribution in [2.75, 3.05) is 0 Å². The van der Waals surface area contributed by atoms with Crippen LogP contribution in [0, 0.1) is 0 Å². The number of carbonyl (C=O) groups is 1. The average Bonchev–Trinajstić information content (AvgIpc) is 2.35. The van der Waals surface area contributed by atoms with E-state index in [4.69, 9.17) is 5.73 Å². The van der Waals surface area contributed by atoms with Gasteiger partial charge in [0.1, 0.15) is 5.75 Å². The Morgan fingerprint density at radius 1 is 1.39 bits per heavy atom. The monoisotopic (exact) mass is 312 g/mol. The zero-order valence-corrected chi connectivity index (χ0v) is 11.6. The maximum absolute atomic E-state index is 12.0. The van der Waals surface area contributed by atoms with Gasteiger partial charge in [-0.15, -0.1) is 0 Å². The van der Waals surface area contributed by atoms with Gasteiger partial charge in [-0.1, -0.05) is 12.8 Å². The predicted octanol–water partition coefficient (Wildman–Crippen LogP) is 2.15. The molecule has 4 nitrogen and oxygen atoms in total. The molecule has 1 fully saturated rings. The van der Waals surface area contributed by atoms with E-state index in [1.165, 1.54) is 6.07 Å². The van der Waals surface area contributed by atoms with Crippen molar-refractivity contribution in [1.29, 1.82) is 0 Å². The summed E-state index contributed by atoms with van der Waals surface area (Å²) in [7, 11) is 0. The van der Waals surface area contributed by atoms with Crippen LogP contribution < -0.4 is 11.1 Å². The lowest BCUT2D eigenvalue weighted by Gasteiger charge is -2.29. The predicted molar refractivity (Wildman–Crippen MR) is 73.5 cm³/mol. The summed E-state index contributed by atoms with van der Waals surface area (Å²) >= 11 is 3.18. The minimum Gasteiger partial charge on any atom is -0.507 e. The Hall–Kier alpha value is -1.07. The Morgan fingerprint density at radius 3 is 2.78 bits per heavy atom. The fourth-order valence-corrected chi connectivity index (χ4v) is 2.49. The number of nitrogens with two attached hydrogens (primary N) is 1. The van der Waals surface area contributed by atoms with E-state index in [-0.39, 0.29) is 23.7 Å². The van der Waals surface area contributed by atoms with Crippen molar-refractivity contribution in [3.05, 3.63) is 28.2 Å². The van der Waals surface area contributed by atoms with Crippen molar-refractivity contribution in [3.8, 4) is 5.75 Å². The fourth-order valence-electron chi connectivity index (χ4n) is 2.24. The number of carbonyl (C=O) groups excluding carboxylic acids is 1. The van der Waals surface area contributed by atoms with Crippen LogP contribution in [0.2, 0.25) is 0 Å². The molecule has 98 valence electrons. The second-order valence-electron chi connectivity index (χ2n) is 4.69. The average molecular weight is 313 g/mol. The van der Waals surface area contributed by atoms with Gasteiger partial charge in [0, 0.05) is 17.6 Å². The van der Waals surface area contributed by atoms with Crippen LogP contribution in [0.25, 0.3) is 0 Å². The molecule has 1 aromatic rings. The van der Waals surface area contributed by atoms with Gasteiger partial charge in [0.15, 0.2) is 0 Å². The van der Waals surface area contributed by atoms with E-state index in [1.54, 1.807) is 12.1 Å². The second kappa shape index (κ2) is 5.71. The molecular formula is C13H17BrN2O2. The molecule has 0 aliphatic heterocycles. The molecule has 0 heterocycles. The molecule has 0 bridgehead atoms. The summed E-state index contributed by atoms with van der Waals surface area (Å²) in [5.41, 5.74) is 6.44. The molecule has 5 heteroatoms. The zero-order valence-electron chi connectivity index (χ0n) is 10.0. The van der Waals surface area contributed by atoms with E-state index in [1.807, 2.05) is 0 Å². The fraction of sp³-hybridized carbons (Fsp3) is 0.462. The van der Waals surface area contributed by atoms with Crippen molar-refractivity contribution >= 4 is 21.8 Å². The molecule has 1 amide bonds. The first-order valence-corrected chi connectivity index (χ1v) is 6.92. The highest BCUT2D eigenvalue weighted by Crippen LogP contribution is 2.24. The third kappa shape index (κ3) is 3.03. The van der Waals surface area contributed by atoms with Crippen molar-refractivity contribution in [3.63, 3.8) is 0 Å². The lowest BCUT2D eigenvalue weighted by Crippen LogP contribution is -2.49. The van der Waals surface area contributed by atoms with E-state index in [0.29, 0.717) is 10.0 Å². The number of benzene rings is 1. The number of phenols is 1. The maximum Gasteiger partial charge on any atom is 0.251 e. The number of rotatable bonds is 2. The van der Waals surface area contributed by atoms with Crippen LogP contribution in [0.5, 0.6) is 5.75 Å². The van der Waals surface area contributed by atoms with E-state index in [9.17, 15) is 9.90 Å². The van der Waals surface area contributed by atoms with Gasteiger partial charge in [-0.2, -0.15) is 0 Å². The van der Waals surface area contributed by atoms with Crippen LogP contribution >= 0.6 is 15.9 Å². The molecule has 0 saturated heterocycles. The topological polar surface area (TPSA) is 75.3 Å². The minimum absolute atomic E-state index is 0.0340. The first kappa shape index (κ1) is 13.4. The molecule has 18 heavy (non-hydrogen) atoms. The van der Waals surface area contributed by atoms with E-state index >= 15 is 0 Å². The summed E-state index contributed by atoms with van der Waals surface area (Å²) in [6, 6.07) is 4.86. The number of nitrogens with one attached hydrogen (secondary N) is 1. The first-order valence-electron chi connectivity index (χ1n) is 6.13. The number of halogens is 1. The number of aromatic hydroxyl groups is 1. The lowest BCUT2D eigenvalue weighted by molar-refractivity contribution is 0.0921. The van der Waals surface area contributed by atoms with Crippen LogP contribution in [0.1, 0.15) is 36.0 Å². The van der Waals surface area contributed by atoms with Crippen LogP contribution in [-0.4, -0.2) is 23.1 Å². The summed E-state index contributed by atoms with van der Waals surface area (Å²) in [5.74, 6) is -0.115. The Balaban J connectivity index is 2.04. The van der Waals surface area contributed by atoms with E-state index in [0.717, 1.165) is 25.7 Å². The van der Waals surface area contributed by atoms with E-state index in [2.05, 4.69) is 21.2 Å². The highest BCUT2D eigenvalue weighted by atomic mass is 79.9. The van der Waals surface area contributed by atoms with Gasteiger partial charge < -0.3 is 16.2 Å². The highest BCUT2D eigenvalue weighted by molar-refractivity contribution is 9.10. The Labute approximate surface area is 115 Å². The number of amides is 1. The second-order valence-corrected chi connectivity index (χ2v) is 5.55. The third-order valence-corrected chi connectivity index (χ3v) is 4.01. The molecule has 1 aromatic carbocycles. The molecule has 4 N–H and O–H groups in total. The van der Waals surface area contributed by atoms with Gasteiger partial charge in [-0.25, -0.2) is 0 Å². The molecule has 1 aliphatic carbocycles. The summed E-state index contributed by atoms with van der Waals surface area (Å²) in [5, 5.41) is 12.5. The molecule has 1 saturated carbocycles. The van der Waals surface area contributed by atoms with Gasteiger partial charge in [0.2, 0.25) is 0 Å². The number of hydrogen-bond acceptors (Lipinski definition) is 3. The molecule has 0 radical (unpaired) electrons. The van der Waals surface area contributed by atoms with Gasteiger partial charge in [-0.05, 0) is 47.0 Å². The zero-order chi connectivity index (χ0) is 13.1. The lowest BCUT2D eigenvalue weighted by atomic mass is 9.91. The minimum atomic E-state index is -0.180. The number of hydrogen-bond donors (Lipinski definition) is 3. The van der Waals surface area contributed by atoms with Gasteiger partial charge in [0.25, 0.3) is 5.91 Å². The SMILES string of the molecule is NC1CCCCC1NC(=O)c1ccc(Br)c(O)c1. The normalized spacial score (nSPS) is 23.7. The van der Waals surface area contributed by atoms with Crippen LogP contribution in [-0.2, 0) is 0 Å². The largest absolute Gasteiger partial charge is 0.507 e. The maximum atomic E-state index is 12.0. The smallest absolute Gasteiger partial charge is 0.251 e. The summed E-state index contributed by atoms with van der Waals surface area (Å²) in [4.78, 5) is 12.0. The summed E-state index contributed by atoms with van der Waals surface area (Å²) < 4.78 is 0.577. The molecule has 2 unspecified atom stereocenters. The van der Waals surface area contributed by atoms with Gasteiger partial charge in [0.05, 0.1) is 4.47 Å². The molecule has 2 rings (SSSR count). The third-order valence-electron chi connectivity index (χ3n) is 3.34. The van der Waals surface area contributed by atoms with Gasteiger partial charge in [-0.3, -0.25) is 4.79 Å². The van der Waals surface area contributed by atoms with E-state index < -0.39 is 0 Å². The Morgan fingerprint density at radius 2 is 2.11 bits per heavy atom. The summed E-state index contributed by atoms with van der Waals surface area (Å²) in [6.07, 6.45) is 4.11. The summed E-state index contributed by atoms with van der Waals surface area (Å²) in [6.45, 7) is 0. The Bertz CT molecular complexity index is 451. The molecule has 0 spiro atoms. The van der Waals surface area contributed by atoms with Crippen molar-refractivity contribution in [2.45, 2.75) is 37.8 Å². The quantitative estimate of drug-likeness (QED) is 0.783. The standard InChI is InChI=1S/C13H17BrN2O2/c14-9-6-5-8(7-12(9)17)13(18)16-11-4-2-1-3-10(11)15/h5-7,10-11,17H,1-4,15H2,(H,16,18). The highest BCUT2D eigenvalue weighted by Gasteiger charge is 2.23. The van der Waals surface area contributed by atoms with Crippen LogP contribution in [0.15, 0.2) is 22.7 Å². The molecule has 1 aliphatic rings. The molecular weight excluding hydrogens is 296 g/mol. The van der Waals surface area contributed by atoms with Crippen molar-refractivity contribution in [1.82, 2.24) is 5.32 Å². The Kier molecular flexibility index (Phi) is 4.24. The first-order chi connectivity index (χ1) is 8.58.